The highest BCUT2D eigenvalue weighted by Gasteiger charge is 2.15. The molecule has 2 heterocycles. The molecule has 0 saturated carbocycles. The first-order chi connectivity index (χ1) is 13.0. The van der Waals surface area contributed by atoms with Crippen LogP contribution in [-0.2, 0) is 18.3 Å². The maximum Gasteiger partial charge on any atom is 0.250 e. The Labute approximate surface area is 165 Å². The number of primary amides is 1. The number of hydrogen-bond acceptors (Lipinski definition) is 6. The second-order valence-electron chi connectivity index (χ2n) is 5.77. The minimum Gasteiger partial charge on any atom is -0.366 e. The minimum atomic E-state index is -0.585. The van der Waals surface area contributed by atoms with Crippen LogP contribution in [0.2, 0.25) is 0 Å². The fraction of sp³-hybridized carbons (Fsp3) is 0.222. The van der Waals surface area contributed by atoms with Gasteiger partial charge in [-0.2, -0.15) is 0 Å². The summed E-state index contributed by atoms with van der Waals surface area (Å²) in [6.07, 6.45) is 0.983. The first-order valence-corrected chi connectivity index (χ1v) is 10.1. The third-order valence-electron chi connectivity index (χ3n) is 3.89. The van der Waals surface area contributed by atoms with Gasteiger partial charge in [0.25, 0.3) is 5.91 Å². The lowest BCUT2D eigenvalue weighted by Gasteiger charge is -2.08. The van der Waals surface area contributed by atoms with E-state index in [0.717, 1.165) is 17.8 Å². The van der Waals surface area contributed by atoms with Gasteiger partial charge >= 0.3 is 0 Å². The Bertz CT molecular complexity index is 980. The van der Waals surface area contributed by atoms with Gasteiger partial charge in [0.15, 0.2) is 11.0 Å². The Morgan fingerprint density at radius 1 is 1.30 bits per heavy atom. The predicted molar refractivity (Wildman–Crippen MR) is 108 cm³/mol. The molecule has 3 aromatic rings. The highest BCUT2D eigenvalue weighted by Crippen LogP contribution is 2.27. The molecule has 0 radical (unpaired) electrons. The summed E-state index contributed by atoms with van der Waals surface area (Å²) < 4.78 is 1.87. The number of para-hydroxylation sites is 1. The number of hydrogen-bond donors (Lipinski definition) is 2. The average Bonchev–Trinajstić information content (AvgIpc) is 3.26. The van der Waals surface area contributed by atoms with E-state index in [1.807, 2.05) is 11.6 Å². The van der Waals surface area contributed by atoms with Crippen molar-refractivity contribution in [3.05, 3.63) is 46.2 Å². The predicted octanol–water partition coefficient (Wildman–Crippen LogP) is 2.94. The fourth-order valence-electron chi connectivity index (χ4n) is 2.50. The van der Waals surface area contributed by atoms with E-state index in [0.29, 0.717) is 10.8 Å². The van der Waals surface area contributed by atoms with Crippen molar-refractivity contribution in [3.8, 4) is 11.4 Å². The van der Waals surface area contributed by atoms with Gasteiger partial charge in [-0.1, -0.05) is 30.8 Å². The zero-order chi connectivity index (χ0) is 19.4. The molecule has 0 aliphatic heterocycles. The second kappa shape index (κ2) is 8.36. The number of rotatable bonds is 7. The topological polar surface area (TPSA) is 103 Å². The lowest BCUT2D eigenvalue weighted by Crippen LogP contribution is -2.19. The van der Waals surface area contributed by atoms with Gasteiger partial charge < -0.3 is 15.6 Å². The molecular formula is C18H19N5O2S2. The first kappa shape index (κ1) is 19.1. The maximum atomic E-state index is 12.3. The third-order valence-corrected chi connectivity index (χ3v) is 6.00. The molecule has 3 rings (SSSR count). The van der Waals surface area contributed by atoms with Gasteiger partial charge in [-0.05, 0) is 24.6 Å². The summed E-state index contributed by atoms with van der Waals surface area (Å²) in [5.74, 6) is 0.0804. The van der Waals surface area contributed by atoms with E-state index in [1.165, 1.54) is 16.6 Å². The van der Waals surface area contributed by atoms with Crippen molar-refractivity contribution < 1.29 is 9.59 Å². The van der Waals surface area contributed by atoms with Crippen molar-refractivity contribution in [2.45, 2.75) is 18.5 Å². The van der Waals surface area contributed by atoms with E-state index in [4.69, 9.17) is 5.73 Å². The van der Waals surface area contributed by atoms with Gasteiger partial charge in [0.2, 0.25) is 5.91 Å². The van der Waals surface area contributed by atoms with Gasteiger partial charge in [0.05, 0.1) is 17.0 Å². The lowest BCUT2D eigenvalue weighted by molar-refractivity contribution is -0.113. The summed E-state index contributed by atoms with van der Waals surface area (Å²) in [6, 6.07) is 8.75. The number of nitrogens with zero attached hydrogens (tertiary/aromatic N) is 3. The lowest BCUT2D eigenvalue weighted by atomic mass is 10.1. The standard InChI is InChI=1S/C18H19N5O2S2/c1-3-12-8-11(9-26-12)17-21-22-18(23(17)2)27-10-15(24)20-14-7-5-4-6-13(14)16(19)25/h4-9H,3,10H2,1-2H3,(H2,19,25)(H,20,24). The van der Waals surface area contributed by atoms with Gasteiger partial charge in [-0.3, -0.25) is 9.59 Å². The number of carbonyl (C=O) groups is 2. The highest BCUT2D eigenvalue weighted by atomic mass is 32.2. The summed E-state index contributed by atoms with van der Waals surface area (Å²) >= 11 is 2.98. The van der Waals surface area contributed by atoms with Crippen molar-refractivity contribution in [3.63, 3.8) is 0 Å². The largest absolute Gasteiger partial charge is 0.366 e. The molecule has 1 aromatic carbocycles. The van der Waals surface area contributed by atoms with Crippen molar-refractivity contribution >= 4 is 40.6 Å². The van der Waals surface area contributed by atoms with Crippen LogP contribution in [-0.4, -0.2) is 32.3 Å². The summed E-state index contributed by atoms with van der Waals surface area (Å²) in [4.78, 5) is 25.0. The molecule has 27 heavy (non-hydrogen) atoms. The van der Waals surface area contributed by atoms with Crippen LogP contribution in [0.4, 0.5) is 5.69 Å². The number of aromatic nitrogens is 3. The molecule has 2 aromatic heterocycles. The highest BCUT2D eigenvalue weighted by molar-refractivity contribution is 7.99. The van der Waals surface area contributed by atoms with Gasteiger partial charge in [0.1, 0.15) is 0 Å². The van der Waals surface area contributed by atoms with Gasteiger partial charge in [-0.25, -0.2) is 0 Å². The SMILES string of the molecule is CCc1cc(-c2nnc(SCC(=O)Nc3ccccc3C(N)=O)n2C)cs1. The Morgan fingerprint density at radius 2 is 2.07 bits per heavy atom. The number of thiophene rings is 1. The van der Waals surface area contributed by atoms with E-state index in [2.05, 4.69) is 33.9 Å². The first-order valence-electron chi connectivity index (χ1n) is 8.28. The van der Waals surface area contributed by atoms with Gasteiger partial charge in [0, 0.05) is 22.9 Å². The van der Waals surface area contributed by atoms with Crippen LogP contribution in [0.25, 0.3) is 11.4 Å². The van der Waals surface area contributed by atoms with Gasteiger partial charge in [-0.15, -0.1) is 21.5 Å². The summed E-state index contributed by atoms with van der Waals surface area (Å²) in [5, 5.41) is 13.8. The quantitative estimate of drug-likeness (QED) is 0.593. The van der Waals surface area contributed by atoms with Crippen LogP contribution < -0.4 is 11.1 Å². The van der Waals surface area contributed by atoms with Crippen molar-refractivity contribution in [2.24, 2.45) is 12.8 Å². The molecule has 0 aliphatic rings. The number of amides is 2. The number of benzene rings is 1. The molecule has 0 aliphatic carbocycles. The number of thioether (sulfide) groups is 1. The van der Waals surface area contributed by atoms with Crippen LogP contribution >= 0.6 is 23.1 Å². The van der Waals surface area contributed by atoms with Crippen LogP contribution in [0.15, 0.2) is 40.9 Å². The normalized spacial score (nSPS) is 10.7. The summed E-state index contributed by atoms with van der Waals surface area (Å²) in [7, 11) is 1.88. The Kier molecular flexibility index (Phi) is 5.92. The molecule has 2 amide bonds. The number of nitrogens with one attached hydrogen (secondary N) is 1. The molecular weight excluding hydrogens is 382 g/mol. The number of anilines is 1. The van der Waals surface area contributed by atoms with Crippen molar-refractivity contribution in [2.75, 3.05) is 11.1 Å². The number of carbonyl (C=O) groups excluding carboxylic acids is 2. The molecule has 140 valence electrons. The maximum absolute atomic E-state index is 12.3. The molecule has 0 unspecified atom stereocenters. The van der Waals surface area contributed by atoms with Crippen LogP contribution in [0.1, 0.15) is 22.2 Å². The Morgan fingerprint density at radius 3 is 2.78 bits per heavy atom. The Balaban J connectivity index is 1.65. The van der Waals surface area contributed by atoms with Crippen molar-refractivity contribution in [1.82, 2.24) is 14.8 Å². The smallest absolute Gasteiger partial charge is 0.250 e. The third kappa shape index (κ3) is 4.37. The minimum absolute atomic E-state index is 0.142. The number of aryl methyl sites for hydroxylation is 1. The van der Waals surface area contributed by atoms with Crippen LogP contribution in [0.5, 0.6) is 0 Å². The zero-order valence-corrected chi connectivity index (χ0v) is 16.6. The van der Waals surface area contributed by atoms with E-state index in [1.54, 1.807) is 35.6 Å². The van der Waals surface area contributed by atoms with E-state index in [9.17, 15) is 9.59 Å². The molecule has 0 bridgehead atoms. The van der Waals surface area contributed by atoms with Crippen molar-refractivity contribution in [1.29, 1.82) is 0 Å². The molecule has 7 nitrogen and oxygen atoms in total. The summed E-state index contributed by atoms with van der Waals surface area (Å²) in [5.41, 5.74) is 7.04. The molecule has 0 fully saturated rings. The molecule has 0 atom stereocenters. The summed E-state index contributed by atoms with van der Waals surface area (Å²) in [6.45, 7) is 2.11. The fourth-order valence-corrected chi connectivity index (χ4v) is 4.02. The molecule has 3 N–H and O–H groups in total. The van der Waals surface area contributed by atoms with E-state index in [-0.39, 0.29) is 17.2 Å². The second-order valence-corrected chi connectivity index (χ2v) is 7.71. The Hall–Kier alpha value is -2.65. The molecule has 9 heteroatoms. The molecule has 0 saturated heterocycles. The monoisotopic (exact) mass is 401 g/mol. The van der Waals surface area contributed by atoms with Crippen LogP contribution in [0.3, 0.4) is 0 Å². The number of nitrogens with two attached hydrogens (primary N) is 1. The van der Waals surface area contributed by atoms with Crippen LogP contribution in [0, 0.1) is 0 Å². The van der Waals surface area contributed by atoms with E-state index < -0.39 is 5.91 Å². The van der Waals surface area contributed by atoms with E-state index >= 15 is 0 Å². The zero-order valence-electron chi connectivity index (χ0n) is 14.9. The molecule has 0 spiro atoms. The average molecular weight is 402 g/mol.